The van der Waals surface area contributed by atoms with Gasteiger partial charge in [0.2, 0.25) is 10.0 Å². The summed E-state index contributed by atoms with van der Waals surface area (Å²) in [5.74, 6) is -2.23. The van der Waals surface area contributed by atoms with E-state index in [-0.39, 0.29) is 13.1 Å². The third kappa shape index (κ3) is 4.43. The highest BCUT2D eigenvalue weighted by atomic mass is 32.2. The Balaban J connectivity index is 2.01. The molecule has 0 saturated heterocycles. The molecule has 0 bridgehead atoms. The van der Waals surface area contributed by atoms with Gasteiger partial charge in [0.05, 0.1) is 0 Å². The maximum atomic E-state index is 14.2. The van der Waals surface area contributed by atoms with Gasteiger partial charge in [-0.25, -0.2) is 17.2 Å². The van der Waals surface area contributed by atoms with Gasteiger partial charge in [-0.3, -0.25) is 4.98 Å². The topological polar surface area (TPSA) is 50.3 Å². The maximum absolute atomic E-state index is 14.2. The second kappa shape index (κ2) is 8.58. The summed E-state index contributed by atoms with van der Waals surface area (Å²) in [7, 11) is -4.42. The van der Waals surface area contributed by atoms with Crippen molar-refractivity contribution in [1.82, 2.24) is 9.29 Å². The molecule has 3 rings (SSSR count). The van der Waals surface area contributed by atoms with Gasteiger partial charge in [0, 0.05) is 25.5 Å². The number of benzene rings is 2. The lowest BCUT2D eigenvalue weighted by Gasteiger charge is -2.23. The van der Waals surface area contributed by atoms with Crippen LogP contribution in [-0.4, -0.2) is 17.7 Å². The van der Waals surface area contributed by atoms with Gasteiger partial charge in [-0.2, -0.15) is 4.31 Å². The van der Waals surface area contributed by atoms with Crippen molar-refractivity contribution in [1.29, 1.82) is 0 Å². The second-order valence-electron chi connectivity index (χ2n) is 6.36. The zero-order valence-electron chi connectivity index (χ0n) is 15.3. The first kappa shape index (κ1) is 20.1. The number of nitrogens with zero attached hydrogens (tertiary/aromatic N) is 2. The van der Waals surface area contributed by atoms with Crippen LogP contribution < -0.4 is 0 Å². The summed E-state index contributed by atoms with van der Waals surface area (Å²) in [5.41, 5.74) is 2.46. The monoisotopic (exact) mass is 402 g/mol. The Morgan fingerprint density at radius 2 is 1.46 bits per heavy atom. The van der Waals surface area contributed by atoms with Gasteiger partial charge in [0.15, 0.2) is 4.90 Å². The van der Waals surface area contributed by atoms with Crippen molar-refractivity contribution in [2.45, 2.75) is 31.3 Å². The number of aromatic nitrogens is 1. The van der Waals surface area contributed by atoms with Crippen LogP contribution >= 0.6 is 0 Å². The van der Waals surface area contributed by atoms with Crippen LogP contribution in [0.2, 0.25) is 0 Å². The van der Waals surface area contributed by atoms with Crippen molar-refractivity contribution >= 4 is 10.0 Å². The number of rotatable bonds is 7. The maximum Gasteiger partial charge on any atom is 0.249 e. The molecule has 0 N–H and O–H groups in total. The number of hydrogen-bond acceptors (Lipinski definition) is 3. The second-order valence-corrected chi connectivity index (χ2v) is 8.23. The third-order valence-corrected chi connectivity index (χ3v) is 6.23. The number of hydrogen-bond donors (Lipinski definition) is 0. The van der Waals surface area contributed by atoms with Gasteiger partial charge in [0.1, 0.15) is 11.6 Å². The van der Waals surface area contributed by atoms with E-state index >= 15 is 0 Å². The first-order valence-electron chi connectivity index (χ1n) is 8.82. The first-order valence-corrected chi connectivity index (χ1v) is 10.3. The molecule has 0 aliphatic carbocycles. The lowest BCUT2D eigenvalue weighted by molar-refractivity contribution is 0.392. The summed E-state index contributed by atoms with van der Waals surface area (Å²) in [4.78, 5) is 3.05. The summed E-state index contributed by atoms with van der Waals surface area (Å²) in [6, 6.07) is 13.9. The Kier molecular flexibility index (Phi) is 6.16. The Bertz CT molecular complexity index is 1020. The fourth-order valence-corrected chi connectivity index (χ4v) is 4.39. The Labute approximate surface area is 163 Å². The van der Waals surface area contributed by atoms with Gasteiger partial charge in [-0.15, -0.1) is 0 Å². The first-order chi connectivity index (χ1) is 13.4. The normalized spacial score (nSPS) is 11.7. The Morgan fingerprint density at radius 3 is 2.04 bits per heavy atom. The highest BCUT2D eigenvalue weighted by Crippen LogP contribution is 2.25. The smallest absolute Gasteiger partial charge is 0.249 e. The molecule has 28 heavy (non-hydrogen) atoms. The van der Waals surface area contributed by atoms with Crippen LogP contribution in [0.15, 0.2) is 71.9 Å². The van der Waals surface area contributed by atoms with Crippen LogP contribution in [-0.2, 0) is 29.5 Å². The average Bonchev–Trinajstić information content (AvgIpc) is 2.68. The van der Waals surface area contributed by atoms with Crippen molar-refractivity contribution in [3.05, 3.63) is 95.3 Å². The van der Waals surface area contributed by atoms with Crippen LogP contribution in [0.25, 0.3) is 0 Å². The standard InChI is InChI=1S/C21H20F2N2O2S/c1-2-16-8-10-17(11-9-16)14-25(15-18-5-4-12-24-13-18)28(26,27)21-19(22)6-3-7-20(21)23/h3-13H,2,14-15H2,1H3. The van der Waals surface area contributed by atoms with Crippen LogP contribution in [0.1, 0.15) is 23.6 Å². The van der Waals surface area contributed by atoms with Crippen molar-refractivity contribution < 1.29 is 17.2 Å². The fourth-order valence-electron chi connectivity index (χ4n) is 2.86. The van der Waals surface area contributed by atoms with E-state index in [1.165, 1.54) is 6.20 Å². The van der Waals surface area contributed by atoms with Gasteiger partial charge in [-0.05, 0) is 41.3 Å². The molecule has 0 radical (unpaired) electrons. The summed E-state index contributed by atoms with van der Waals surface area (Å²) >= 11 is 0. The van der Waals surface area contributed by atoms with E-state index in [4.69, 9.17) is 0 Å². The van der Waals surface area contributed by atoms with Crippen LogP contribution in [0.5, 0.6) is 0 Å². The molecular formula is C21H20F2N2O2S. The minimum Gasteiger partial charge on any atom is -0.264 e. The van der Waals surface area contributed by atoms with E-state index in [1.54, 1.807) is 18.3 Å². The molecule has 0 spiro atoms. The molecule has 0 aliphatic rings. The molecule has 0 unspecified atom stereocenters. The van der Waals surface area contributed by atoms with E-state index in [1.807, 2.05) is 31.2 Å². The fraction of sp³-hybridized carbons (Fsp3) is 0.190. The minimum atomic E-state index is -4.42. The summed E-state index contributed by atoms with van der Waals surface area (Å²) in [5, 5.41) is 0. The van der Waals surface area contributed by atoms with Gasteiger partial charge >= 0.3 is 0 Å². The number of halogens is 2. The van der Waals surface area contributed by atoms with E-state index < -0.39 is 26.6 Å². The molecule has 146 valence electrons. The zero-order valence-corrected chi connectivity index (χ0v) is 16.2. The molecular weight excluding hydrogens is 382 g/mol. The summed E-state index contributed by atoms with van der Waals surface area (Å²) < 4.78 is 55.8. The number of aryl methyl sites for hydroxylation is 1. The molecule has 0 atom stereocenters. The molecule has 4 nitrogen and oxygen atoms in total. The predicted molar refractivity (Wildman–Crippen MR) is 103 cm³/mol. The van der Waals surface area contributed by atoms with Crippen LogP contribution in [0.3, 0.4) is 0 Å². The van der Waals surface area contributed by atoms with Crippen molar-refractivity contribution in [2.75, 3.05) is 0 Å². The molecule has 0 amide bonds. The van der Waals surface area contributed by atoms with E-state index in [2.05, 4.69) is 4.98 Å². The van der Waals surface area contributed by atoms with Crippen molar-refractivity contribution in [3.63, 3.8) is 0 Å². The number of sulfonamides is 1. The molecule has 7 heteroatoms. The highest BCUT2D eigenvalue weighted by molar-refractivity contribution is 7.89. The predicted octanol–water partition coefficient (Wildman–Crippen LogP) is 4.31. The van der Waals surface area contributed by atoms with Gasteiger partial charge < -0.3 is 0 Å². The third-order valence-electron chi connectivity index (χ3n) is 4.39. The highest BCUT2D eigenvalue weighted by Gasteiger charge is 2.31. The summed E-state index contributed by atoms with van der Waals surface area (Å²) in [6.07, 6.45) is 3.96. The van der Waals surface area contributed by atoms with E-state index in [0.717, 1.165) is 40.1 Å². The van der Waals surface area contributed by atoms with Gasteiger partial charge in [-0.1, -0.05) is 43.3 Å². The molecule has 0 aliphatic heterocycles. The molecule has 0 saturated carbocycles. The molecule has 0 fully saturated rings. The zero-order chi connectivity index (χ0) is 20.1. The van der Waals surface area contributed by atoms with Crippen LogP contribution in [0, 0.1) is 11.6 Å². The van der Waals surface area contributed by atoms with Gasteiger partial charge in [0.25, 0.3) is 0 Å². The molecule has 3 aromatic rings. The minimum absolute atomic E-state index is 0.0189. The molecule has 1 heterocycles. The average molecular weight is 402 g/mol. The lowest BCUT2D eigenvalue weighted by Crippen LogP contribution is -2.31. The van der Waals surface area contributed by atoms with Crippen molar-refractivity contribution in [2.24, 2.45) is 0 Å². The summed E-state index contributed by atoms with van der Waals surface area (Å²) in [6.45, 7) is 1.95. The molecule has 1 aromatic heterocycles. The Morgan fingerprint density at radius 1 is 0.857 bits per heavy atom. The quantitative estimate of drug-likeness (QED) is 0.592. The largest absolute Gasteiger partial charge is 0.264 e. The van der Waals surface area contributed by atoms with E-state index in [0.29, 0.717) is 5.56 Å². The van der Waals surface area contributed by atoms with Crippen molar-refractivity contribution in [3.8, 4) is 0 Å². The van der Waals surface area contributed by atoms with Crippen LogP contribution in [0.4, 0.5) is 8.78 Å². The SMILES string of the molecule is CCc1ccc(CN(Cc2cccnc2)S(=O)(=O)c2c(F)cccc2F)cc1. The molecule has 2 aromatic carbocycles. The van der Waals surface area contributed by atoms with E-state index in [9.17, 15) is 17.2 Å². The lowest BCUT2D eigenvalue weighted by atomic mass is 10.1. The Hall–Kier alpha value is -2.64. The number of pyridine rings is 1.